The minimum atomic E-state index is 0.0686. The van der Waals surface area contributed by atoms with Crippen molar-refractivity contribution in [1.82, 2.24) is 15.3 Å². The third-order valence-corrected chi connectivity index (χ3v) is 2.93. The largest absolute Gasteiger partial charge is 0.467 e. The number of ether oxygens (including phenoxy) is 1. The fraction of sp³-hybridized carbons (Fsp3) is 0.385. The predicted octanol–water partition coefficient (Wildman–Crippen LogP) is 1.34. The molecular weight excluding hydrogens is 244 g/mol. The molecular formula is C13H16N4O2. The van der Waals surface area contributed by atoms with Gasteiger partial charge in [0.1, 0.15) is 17.4 Å². The van der Waals surface area contributed by atoms with Crippen molar-refractivity contribution in [3.63, 3.8) is 0 Å². The Morgan fingerprint density at radius 2 is 2.42 bits per heavy atom. The van der Waals surface area contributed by atoms with Crippen LogP contribution in [0.5, 0.6) is 0 Å². The highest BCUT2D eigenvalue weighted by molar-refractivity contribution is 5.33. The van der Waals surface area contributed by atoms with Gasteiger partial charge in [0.25, 0.3) is 0 Å². The van der Waals surface area contributed by atoms with Gasteiger partial charge in [-0.3, -0.25) is 0 Å². The average Bonchev–Trinajstić information content (AvgIpc) is 3.00. The first-order valence-corrected chi connectivity index (χ1v) is 6.32. The Morgan fingerprint density at radius 1 is 1.42 bits per heavy atom. The van der Waals surface area contributed by atoms with E-state index >= 15 is 0 Å². The number of rotatable bonds is 4. The van der Waals surface area contributed by atoms with Crippen LogP contribution in [-0.4, -0.2) is 29.7 Å². The molecule has 1 aliphatic heterocycles. The number of aromatic nitrogens is 2. The SMILES string of the molecule is c1coc(CNc2ccnc([C@H]3COCCN3)n2)c1. The molecule has 2 aromatic rings. The molecule has 0 spiro atoms. The van der Waals surface area contributed by atoms with Crippen molar-refractivity contribution < 1.29 is 9.15 Å². The summed E-state index contributed by atoms with van der Waals surface area (Å²) in [5, 5.41) is 6.55. The van der Waals surface area contributed by atoms with Crippen molar-refractivity contribution in [2.24, 2.45) is 0 Å². The molecule has 0 bridgehead atoms. The van der Waals surface area contributed by atoms with Gasteiger partial charge in [-0.15, -0.1) is 0 Å². The Hall–Kier alpha value is -1.92. The first kappa shape index (κ1) is 12.1. The molecule has 0 saturated carbocycles. The van der Waals surface area contributed by atoms with Gasteiger partial charge in [-0.2, -0.15) is 0 Å². The molecule has 3 heterocycles. The molecule has 19 heavy (non-hydrogen) atoms. The van der Waals surface area contributed by atoms with Crippen molar-refractivity contribution >= 4 is 5.82 Å². The fourth-order valence-electron chi connectivity index (χ4n) is 1.96. The van der Waals surface area contributed by atoms with Crippen molar-refractivity contribution in [2.75, 3.05) is 25.1 Å². The van der Waals surface area contributed by atoms with Crippen LogP contribution < -0.4 is 10.6 Å². The van der Waals surface area contributed by atoms with Crippen LogP contribution in [0.3, 0.4) is 0 Å². The Labute approximate surface area is 111 Å². The number of morpholine rings is 1. The summed E-state index contributed by atoms with van der Waals surface area (Å²) in [6.07, 6.45) is 3.41. The lowest BCUT2D eigenvalue weighted by Gasteiger charge is -2.22. The third-order valence-electron chi connectivity index (χ3n) is 2.93. The van der Waals surface area contributed by atoms with Gasteiger partial charge in [-0.1, -0.05) is 0 Å². The van der Waals surface area contributed by atoms with Crippen LogP contribution in [-0.2, 0) is 11.3 Å². The molecule has 0 aromatic carbocycles. The zero-order chi connectivity index (χ0) is 12.9. The fourth-order valence-corrected chi connectivity index (χ4v) is 1.96. The van der Waals surface area contributed by atoms with Crippen LogP contribution in [0.15, 0.2) is 35.1 Å². The molecule has 1 aliphatic rings. The molecule has 100 valence electrons. The van der Waals surface area contributed by atoms with Gasteiger partial charge in [0.05, 0.1) is 32.1 Å². The quantitative estimate of drug-likeness (QED) is 0.864. The maximum atomic E-state index is 5.42. The highest BCUT2D eigenvalue weighted by Crippen LogP contribution is 2.13. The lowest BCUT2D eigenvalue weighted by atomic mass is 10.2. The Balaban J connectivity index is 1.65. The average molecular weight is 260 g/mol. The lowest BCUT2D eigenvalue weighted by molar-refractivity contribution is 0.0742. The van der Waals surface area contributed by atoms with E-state index in [0.717, 1.165) is 30.6 Å². The number of furan rings is 1. The van der Waals surface area contributed by atoms with Crippen molar-refractivity contribution in [3.8, 4) is 0 Å². The molecule has 3 rings (SSSR count). The zero-order valence-electron chi connectivity index (χ0n) is 10.5. The topological polar surface area (TPSA) is 72.2 Å². The van der Waals surface area contributed by atoms with Crippen LogP contribution in [0.4, 0.5) is 5.82 Å². The number of nitrogens with zero attached hydrogens (tertiary/aromatic N) is 2. The van der Waals surface area contributed by atoms with Crippen LogP contribution in [0.1, 0.15) is 17.6 Å². The molecule has 1 fully saturated rings. The standard InChI is InChI=1S/C13H16N4O2/c1-2-10(19-6-1)8-16-12-3-4-15-13(17-12)11-9-18-7-5-14-11/h1-4,6,11,14H,5,7-9H2,(H,15,16,17)/t11-/m1/s1. The second-order valence-corrected chi connectivity index (χ2v) is 4.31. The van der Waals surface area contributed by atoms with Gasteiger partial charge in [0.15, 0.2) is 0 Å². The molecule has 0 amide bonds. The molecule has 1 atom stereocenters. The normalized spacial score (nSPS) is 19.3. The van der Waals surface area contributed by atoms with Crippen molar-refractivity contribution in [1.29, 1.82) is 0 Å². The smallest absolute Gasteiger partial charge is 0.149 e. The number of hydrogen-bond acceptors (Lipinski definition) is 6. The number of hydrogen-bond donors (Lipinski definition) is 2. The van der Waals surface area contributed by atoms with E-state index in [-0.39, 0.29) is 6.04 Å². The second-order valence-electron chi connectivity index (χ2n) is 4.31. The van der Waals surface area contributed by atoms with Crippen LogP contribution in [0, 0.1) is 0 Å². The van der Waals surface area contributed by atoms with E-state index in [2.05, 4.69) is 20.6 Å². The zero-order valence-corrected chi connectivity index (χ0v) is 10.5. The Kier molecular flexibility index (Phi) is 3.71. The van der Waals surface area contributed by atoms with E-state index in [4.69, 9.17) is 9.15 Å². The summed E-state index contributed by atoms with van der Waals surface area (Å²) in [6.45, 7) is 2.80. The Morgan fingerprint density at radius 3 is 3.21 bits per heavy atom. The summed E-state index contributed by atoms with van der Waals surface area (Å²) in [6, 6.07) is 5.70. The molecule has 2 aromatic heterocycles. The van der Waals surface area contributed by atoms with E-state index < -0.39 is 0 Å². The van der Waals surface area contributed by atoms with E-state index in [1.807, 2.05) is 18.2 Å². The number of nitrogens with one attached hydrogen (secondary N) is 2. The molecule has 6 nitrogen and oxygen atoms in total. The molecule has 0 unspecified atom stereocenters. The molecule has 1 saturated heterocycles. The Bertz CT molecular complexity index is 509. The first-order chi connectivity index (χ1) is 9.42. The van der Waals surface area contributed by atoms with E-state index in [9.17, 15) is 0 Å². The van der Waals surface area contributed by atoms with Gasteiger partial charge in [-0.05, 0) is 18.2 Å². The minimum absolute atomic E-state index is 0.0686. The summed E-state index contributed by atoms with van der Waals surface area (Å²) in [5.74, 6) is 2.41. The second kappa shape index (κ2) is 5.81. The number of anilines is 1. The van der Waals surface area contributed by atoms with E-state index in [1.165, 1.54) is 0 Å². The lowest BCUT2D eigenvalue weighted by Crippen LogP contribution is -2.35. The van der Waals surface area contributed by atoms with Crippen molar-refractivity contribution in [2.45, 2.75) is 12.6 Å². The van der Waals surface area contributed by atoms with Gasteiger partial charge >= 0.3 is 0 Å². The summed E-state index contributed by atoms with van der Waals surface area (Å²) in [5.41, 5.74) is 0. The van der Waals surface area contributed by atoms with Gasteiger partial charge in [0, 0.05) is 12.7 Å². The van der Waals surface area contributed by atoms with Gasteiger partial charge in [-0.25, -0.2) is 9.97 Å². The monoisotopic (exact) mass is 260 g/mol. The van der Waals surface area contributed by atoms with Crippen LogP contribution in [0.2, 0.25) is 0 Å². The van der Waals surface area contributed by atoms with Crippen LogP contribution >= 0.6 is 0 Å². The van der Waals surface area contributed by atoms with Crippen molar-refractivity contribution in [3.05, 3.63) is 42.2 Å². The molecule has 0 radical (unpaired) electrons. The van der Waals surface area contributed by atoms with Gasteiger partial charge < -0.3 is 19.8 Å². The molecule has 6 heteroatoms. The molecule has 0 aliphatic carbocycles. The molecule has 2 N–H and O–H groups in total. The minimum Gasteiger partial charge on any atom is -0.467 e. The summed E-state index contributed by atoms with van der Waals surface area (Å²) >= 11 is 0. The van der Waals surface area contributed by atoms with Gasteiger partial charge in [0.2, 0.25) is 0 Å². The predicted molar refractivity (Wildman–Crippen MR) is 69.6 cm³/mol. The van der Waals surface area contributed by atoms with E-state index in [1.54, 1.807) is 12.5 Å². The maximum Gasteiger partial charge on any atom is 0.149 e. The summed E-state index contributed by atoms with van der Waals surface area (Å²) in [7, 11) is 0. The van der Waals surface area contributed by atoms with Crippen LogP contribution in [0.25, 0.3) is 0 Å². The highest BCUT2D eigenvalue weighted by Gasteiger charge is 2.17. The maximum absolute atomic E-state index is 5.42. The summed E-state index contributed by atoms with van der Waals surface area (Å²) < 4.78 is 10.7. The first-order valence-electron chi connectivity index (χ1n) is 6.32. The third kappa shape index (κ3) is 3.10. The van der Waals surface area contributed by atoms with E-state index in [0.29, 0.717) is 13.2 Å². The summed E-state index contributed by atoms with van der Waals surface area (Å²) in [4.78, 5) is 8.78. The highest BCUT2D eigenvalue weighted by atomic mass is 16.5.